The van der Waals surface area contributed by atoms with Crippen molar-refractivity contribution in [2.45, 2.75) is 12.5 Å². The fraction of sp³-hybridized carbons (Fsp3) is 0.167. The topological polar surface area (TPSA) is 97.3 Å². The quantitative estimate of drug-likeness (QED) is 0.717. The molecule has 0 saturated heterocycles. The zero-order chi connectivity index (χ0) is 13.1. The lowest BCUT2D eigenvalue weighted by atomic mass is 10.2. The van der Waals surface area contributed by atoms with Crippen molar-refractivity contribution >= 4 is 22.8 Å². The van der Waals surface area contributed by atoms with Crippen molar-refractivity contribution in [3.05, 3.63) is 36.5 Å². The van der Waals surface area contributed by atoms with E-state index in [0.717, 1.165) is 10.9 Å². The highest BCUT2D eigenvalue weighted by molar-refractivity contribution is 5.87. The number of amides is 1. The van der Waals surface area contributed by atoms with Crippen LogP contribution in [0.2, 0.25) is 0 Å². The molecule has 0 bridgehead atoms. The van der Waals surface area contributed by atoms with E-state index in [1.54, 1.807) is 10.9 Å². The average molecular weight is 247 g/mol. The van der Waals surface area contributed by atoms with E-state index < -0.39 is 17.9 Å². The van der Waals surface area contributed by atoms with Crippen molar-refractivity contribution in [3.63, 3.8) is 0 Å². The molecule has 1 unspecified atom stereocenters. The molecule has 0 spiro atoms. The van der Waals surface area contributed by atoms with Crippen LogP contribution in [0.5, 0.6) is 0 Å². The maximum absolute atomic E-state index is 11.2. The third-order valence-corrected chi connectivity index (χ3v) is 2.62. The van der Waals surface area contributed by atoms with Gasteiger partial charge in [-0.15, -0.1) is 0 Å². The van der Waals surface area contributed by atoms with Crippen molar-refractivity contribution in [2.24, 2.45) is 5.73 Å². The Morgan fingerprint density at radius 1 is 1.33 bits per heavy atom. The summed E-state index contributed by atoms with van der Waals surface area (Å²) < 4.78 is 1.60. The van der Waals surface area contributed by atoms with Crippen LogP contribution in [-0.2, 0) is 9.59 Å². The van der Waals surface area contributed by atoms with Crippen molar-refractivity contribution in [2.75, 3.05) is 5.43 Å². The number of nitrogens with two attached hydrogens (primary N) is 1. The molecule has 0 fully saturated rings. The van der Waals surface area contributed by atoms with E-state index in [4.69, 9.17) is 10.8 Å². The Morgan fingerprint density at radius 3 is 2.72 bits per heavy atom. The summed E-state index contributed by atoms with van der Waals surface area (Å²) in [7, 11) is 0. The van der Waals surface area contributed by atoms with Gasteiger partial charge < -0.3 is 16.3 Å². The third-order valence-electron chi connectivity index (χ3n) is 2.62. The van der Waals surface area contributed by atoms with Gasteiger partial charge in [0.25, 0.3) is 0 Å². The summed E-state index contributed by atoms with van der Waals surface area (Å²) in [6.45, 7) is 0. The number of aliphatic carboxylic acids is 1. The molecule has 94 valence electrons. The van der Waals surface area contributed by atoms with Gasteiger partial charge in [0, 0.05) is 11.6 Å². The molecule has 0 radical (unpaired) electrons. The number of nitrogens with one attached hydrogen (secondary N) is 1. The second kappa shape index (κ2) is 4.79. The molecule has 0 aliphatic carbocycles. The van der Waals surface area contributed by atoms with Crippen LogP contribution >= 0.6 is 0 Å². The third kappa shape index (κ3) is 2.42. The van der Waals surface area contributed by atoms with Gasteiger partial charge in [-0.2, -0.15) is 0 Å². The second-order valence-electron chi connectivity index (χ2n) is 3.93. The summed E-state index contributed by atoms with van der Waals surface area (Å²) in [5.41, 5.74) is 8.82. The molecule has 1 amide bonds. The number of rotatable bonds is 5. The summed E-state index contributed by atoms with van der Waals surface area (Å²) in [5.74, 6) is -1.78. The van der Waals surface area contributed by atoms with E-state index in [1.807, 2.05) is 30.3 Å². The Labute approximate surface area is 103 Å². The minimum absolute atomic E-state index is 0.359. The van der Waals surface area contributed by atoms with Crippen LogP contribution in [0.1, 0.15) is 6.42 Å². The summed E-state index contributed by atoms with van der Waals surface area (Å²) in [6.07, 6.45) is 1.37. The van der Waals surface area contributed by atoms with Crippen LogP contribution in [0.4, 0.5) is 0 Å². The Hall–Kier alpha value is -2.50. The van der Waals surface area contributed by atoms with Gasteiger partial charge in [-0.3, -0.25) is 14.3 Å². The summed E-state index contributed by atoms with van der Waals surface area (Å²) >= 11 is 0. The molecule has 0 aliphatic rings. The number of carboxylic acid groups (broad SMARTS) is 1. The number of carbonyl (C=O) groups excluding carboxylic acids is 1. The van der Waals surface area contributed by atoms with Gasteiger partial charge in [-0.1, -0.05) is 18.2 Å². The minimum atomic E-state index is -1.08. The number of primary amides is 1. The molecule has 0 aliphatic heterocycles. The Kier molecular flexibility index (Phi) is 3.18. The number of aromatic nitrogens is 1. The molecule has 6 nitrogen and oxygen atoms in total. The number of hydrogen-bond acceptors (Lipinski definition) is 3. The Balaban J connectivity index is 2.26. The molecule has 1 aromatic carbocycles. The number of carbonyl (C=O) groups is 2. The zero-order valence-corrected chi connectivity index (χ0v) is 9.54. The number of hydrogen-bond donors (Lipinski definition) is 3. The van der Waals surface area contributed by atoms with Gasteiger partial charge in [-0.25, -0.2) is 0 Å². The van der Waals surface area contributed by atoms with Crippen LogP contribution in [-0.4, -0.2) is 27.7 Å². The standard InChI is InChI=1S/C12H13N3O3/c13-12(18)9(7-11(16)17)14-15-6-5-8-3-1-2-4-10(8)15/h1-6,9,14H,7H2,(H2,13,18)(H,16,17). The molecule has 4 N–H and O–H groups in total. The van der Waals surface area contributed by atoms with E-state index in [1.165, 1.54) is 0 Å². The lowest BCUT2D eigenvalue weighted by molar-refractivity contribution is -0.138. The van der Waals surface area contributed by atoms with Crippen LogP contribution in [0.3, 0.4) is 0 Å². The van der Waals surface area contributed by atoms with Gasteiger partial charge in [0.2, 0.25) is 5.91 Å². The first-order chi connectivity index (χ1) is 8.58. The van der Waals surface area contributed by atoms with Crippen molar-refractivity contribution < 1.29 is 14.7 Å². The smallest absolute Gasteiger partial charge is 0.306 e. The van der Waals surface area contributed by atoms with Gasteiger partial charge in [-0.05, 0) is 12.1 Å². The van der Waals surface area contributed by atoms with Crippen LogP contribution in [0, 0.1) is 0 Å². The van der Waals surface area contributed by atoms with Gasteiger partial charge in [0.05, 0.1) is 11.9 Å². The number of para-hydroxylation sites is 1. The monoisotopic (exact) mass is 247 g/mol. The number of carboxylic acids is 1. The summed E-state index contributed by atoms with van der Waals surface area (Å²) in [4.78, 5) is 21.8. The van der Waals surface area contributed by atoms with Crippen LogP contribution < -0.4 is 11.2 Å². The van der Waals surface area contributed by atoms with Gasteiger partial charge in [0.15, 0.2) is 0 Å². The molecule has 1 heterocycles. The Morgan fingerprint density at radius 2 is 2.06 bits per heavy atom. The van der Waals surface area contributed by atoms with Crippen LogP contribution in [0.15, 0.2) is 36.5 Å². The molecule has 2 aromatic rings. The maximum atomic E-state index is 11.2. The minimum Gasteiger partial charge on any atom is -0.481 e. The normalized spacial score (nSPS) is 12.2. The van der Waals surface area contributed by atoms with Gasteiger partial charge >= 0.3 is 5.97 Å². The highest BCUT2D eigenvalue weighted by atomic mass is 16.4. The number of benzene rings is 1. The van der Waals surface area contributed by atoms with Crippen molar-refractivity contribution in [1.29, 1.82) is 0 Å². The fourth-order valence-electron chi connectivity index (χ4n) is 1.75. The average Bonchev–Trinajstić information content (AvgIpc) is 2.71. The SMILES string of the molecule is NC(=O)C(CC(=O)O)Nn1ccc2ccccc21. The zero-order valence-electron chi connectivity index (χ0n) is 9.54. The predicted molar refractivity (Wildman–Crippen MR) is 66.5 cm³/mol. The van der Waals surface area contributed by atoms with E-state index >= 15 is 0 Å². The molecule has 6 heteroatoms. The first-order valence-electron chi connectivity index (χ1n) is 5.41. The van der Waals surface area contributed by atoms with Crippen LogP contribution in [0.25, 0.3) is 10.9 Å². The molecule has 2 rings (SSSR count). The summed E-state index contributed by atoms with van der Waals surface area (Å²) in [5, 5.41) is 9.71. The molecule has 1 atom stereocenters. The first-order valence-corrected chi connectivity index (χ1v) is 5.41. The maximum Gasteiger partial charge on any atom is 0.306 e. The molecule has 1 aromatic heterocycles. The predicted octanol–water partition coefficient (Wildman–Crippen LogP) is 0.513. The number of fused-ring (bicyclic) bond motifs is 1. The van der Waals surface area contributed by atoms with E-state index in [2.05, 4.69) is 5.43 Å². The highest BCUT2D eigenvalue weighted by Crippen LogP contribution is 2.14. The fourth-order valence-corrected chi connectivity index (χ4v) is 1.75. The van der Waals surface area contributed by atoms with E-state index in [9.17, 15) is 9.59 Å². The lowest BCUT2D eigenvalue weighted by Crippen LogP contribution is -2.41. The summed E-state index contributed by atoms with van der Waals surface area (Å²) in [6, 6.07) is 8.46. The lowest BCUT2D eigenvalue weighted by Gasteiger charge is -2.16. The second-order valence-corrected chi connectivity index (χ2v) is 3.93. The molecular formula is C12H13N3O3. The Bertz CT molecular complexity index is 591. The highest BCUT2D eigenvalue weighted by Gasteiger charge is 2.19. The molecule has 18 heavy (non-hydrogen) atoms. The largest absolute Gasteiger partial charge is 0.481 e. The van der Waals surface area contributed by atoms with Crippen molar-refractivity contribution in [3.8, 4) is 0 Å². The van der Waals surface area contributed by atoms with E-state index in [-0.39, 0.29) is 6.42 Å². The van der Waals surface area contributed by atoms with Crippen molar-refractivity contribution in [1.82, 2.24) is 4.68 Å². The molecular weight excluding hydrogens is 234 g/mol. The van der Waals surface area contributed by atoms with E-state index in [0.29, 0.717) is 0 Å². The van der Waals surface area contributed by atoms with Gasteiger partial charge in [0.1, 0.15) is 6.04 Å². The first kappa shape index (κ1) is 12.0. The number of nitrogens with zero attached hydrogens (tertiary/aromatic N) is 1. The molecule has 0 saturated carbocycles.